The molecule has 2 aromatic heterocycles. The zero-order valence-corrected chi connectivity index (χ0v) is 23.7. The first-order valence-corrected chi connectivity index (χ1v) is 14.9. The molecular formula is C33H30N4O4S. The summed E-state index contributed by atoms with van der Waals surface area (Å²) in [5.41, 5.74) is 4.40. The van der Waals surface area contributed by atoms with E-state index in [4.69, 9.17) is 4.98 Å². The Kier molecular flexibility index (Phi) is 7.92. The molecule has 1 saturated heterocycles. The summed E-state index contributed by atoms with van der Waals surface area (Å²) in [4.78, 5) is 50.8. The molecule has 42 heavy (non-hydrogen) atoms. The second-order valence-corrected chi connectivity index (χ2v) is 11.3. The van der Waals surface area contributed by atoms with Gasteiger partial charge in [-0.2, -0.15) is 0 Å². The molecule has 9 heteroatoms. The minimum atomic E-state index is -0.999. The summed E-state index contributed by atoms with van der Waals surface area (Å²) in [5, 5.41) is 12.2. The van der Waals surface area contributed by atoms with Crippen molar-refractivity contribution in [1.82, 2.24) is 9.97 Å². The van der Waals surface area contributed by atoms with Crippen LogP contribution in [0, 0.1) is 5.92 Å². The molecule has 2 aromatic carbocycles. The van der Waals surface area contributed by atoms with E-state index in [-0.39, 0.29) is 24.2 Å². The molecule has 2 amide bonds. The molecule has 0 radical (unpaired) electrons. The zero-order valence-electron chi connectivity index (χ0n) is 22.9. The number of carboxylic acid groups (broad SMARTS) is 1. The van der Waals surface area contributed by atoms with Crippen LogP contribution in [0.2, 0.25) is 0 Å². The smallest absolute Gasteiger partial charge is 0.304 e. The van der Waals surface area contributed by atoms with E-state index in [0.717, 1.165) is 34.4 Å². The molecule has 6 rings (SSSR count). The Balaban J connectivity index is 1.30. The van der Waals surface area contributed by atoms with Crippen LogP contribution in [0.1, 0.15) is 37.2 Å². The van der Waals surface area contributed by atoms with Gasteiger partial charge in [0, 0.05) is 42.2 Å². The maximum absolute atomic E-state index is 14.0. The first-order chi connectivity index (χ1) is 20.5. The number of amides is 2. The van der Waals surface area contributed by atoms with Crippen LogP contribution >= 0.6 is 11.3 Å². The van der Waals surface area contributed by atoms with Gasteiger partial charge in [0.2, 0.25) is 11.8 Å². The van der Waals surface area contributed by atoms with Crippen molar-refractivity contribution in [2.75, 3.05) is 22.9 Å². The standard InChI is InChI=1S/C33H30N4O4S/c38-30-14-8-18-36(30)29-16-15-23(20-34-29)25-11-4-5-13-26(25)28-21-42-33(35-28)37-17-7-6-12-24(22-9-2-1-3-10-22)27(32(37)41)19-31(39)40/h1-7,9-11,13,15-16,20-21,24,27H,8,12,14,17-19H2,(H,39,40). The predicted molar refractivity (Wildman–Crippen MR) is 163 cm³/mol. The summed E-state index contributed by atoms with van der Waals surface area (Å²) < 4.78 is 0. The zero-order chi connectivity index (χ0) is 29.1. The number of hydrogen-bond donors (Lipinski definition) is 1. The maximum atomic E-state index is 14.0. The van der Waals surface area contributed by atoms with Crippen molar-refractivity contribution in [2.45, 2.75) is 31.6 Å². The van der Waals surface area contributed by atoms with Gasteiger partial charge in [0.05, 0.1) is 18.0 Å². The number of benzene rings is 2. The normalized spacial score (nSPS) is 19.1. The first kappa shape index (κ1) is 27.5. The van der Waals surface area contributed by atoms with Crippen LogP contribution in [0.15, 0.2) is 90.5 Å². The molecule has 2 unspecified atom stereocenters. The topological polar surface area (TPSA) is 104 Å². The van der Waals surface area contributed by atoms with Crippen molar-refractivity contribution in [3.63, 3.8) is 0 Å². The number of pyridine rings is 1. The number of nitrogens with zero attached hydrogens (tertiary/aromatic N) is 4. The van der Waals surface area contributed by atoms with Gasteiger partial charge in [-0.05, 0) is 42.0 Å². The lowest BCUT2D eigenvalue weighted by atomic mass is 9.80. The van der Waals surface area contributed by atoms with Crippen LogP contribution in [0.5, 0.6) is 0 Å². The largest absolute Gasteiger partial charge is 0.481 e. The molecule has 8 nitrogen and oxygen atoms in total. The Morgan fingerprint density at radius 1 is 0.952 bits per heavy atom. The van der Waals surface area contributed by atoms with E-state index in [2.05, 4.69) is 4.98 Å². The van der Waals surface area contributed by atoms with Gasteiger partial charge in [-0.15, -0.1) is 11.3 Å². The van der Waals surface area contributed by atoms with Crippen molar-refractivity contribution in [1.29, 1.82) is 0 Å². The Morgan fingerprint density at radius 2 is 1.74 bits per heavy atom. The number of aliphatic carboxylic acids is 1. The molecule has 2 aliphatic rings. The summed E-state index contributed by atoms with van der Waals surface area (Å²) in [6.45, 7) is 1.01. The number of thiazole rings is 1. The molecule has 212 valence electrons. The molecule has 1 N–H and O–H groups in total. The quantitative estimate of drug-likeness (QED) is 0.263. The van der Waals surface area contributed by atoms with Crippen LogP contribution in [0.3, 0.4) is 0 Å². The SMILES string of the molecule is O=C(O)CC1C(=O)N(c2nc(-c3ccccc3-c3ccc(N4CCCC4=O)nc3)cs2)CC=CCC1c1ccccc1. The summed E-state index contributed by atoms with van der Waals surface area (Å²) in [5.74, 6) is -1.45. The van der Waals surface area contributed by atoms with Crippen LogP contribution < -0.4 is 9.80 Å². The third-order valence-electron chi connectivity index (χ3n) is 7.87. The van der Waals surface area contributed by atoms with Crippen molar-refractivity contribution in [3.8, 4) is 22.4 Å². The van der Waals surface area contributed by atoms with Gasteiger partial charge >= 0.3 is 5.97 Å². The number of carbonyl (C=O) groups excluding carboxylic acids is 2. The molecule has 0 spiro atoms. The summed E-state index contributed by atoms with van der Waals surface area (Å²) >= 11 is 1.36. The Labute approximate surface area is 248 Å². The van der Waals surface area contributed by atoms with E-state index in [1.54, 1.807) is 16.0 Å². The van der Waals surface area contributed by atoms with Crippen LogP contribution in [0.25, 0.3) is 22.4 Å². The Morgan fingerprint density at radius 3 is 2.45 bits per heavy atom. The second-order valence-electron chi connectivity index (χ2n) is 10.5. The lowest BCUT2D eigenvalue weighted by molar-refractivity contribution is -0.141. The highest BCUT2D eigenvalue weighted by Gasteiger charge is 2.36. The van der Waals surface area contributed by atoms with E-state index in [1.165, 1.54) is 11.3 Å². The number of allylic oxidation sites excluding steroid dienone is 1. The number of aromatic nitrogens is 2. The molecule has 0 bridgehead atoms. The highest BCUT2D eigenvalue weighted by Crippen LogP contribution is 2.38. The average Bonchev–Trinajstić information content (AvgIpc) is 3.67. The van der Waals surface area contributed by atoms with Gasteiger partial charge in [0.25, 0.3) is 0 Å². The number of carboxylic acids is 1. The molecule has 0 aliphatic carbocycles. The minimum absolute atomic E-state index is 0.0972. The van der Waals surface area contributed by atoms with Crippen molar-refractivity contribution in [3.05, 3.63) is 96.0 Å². The van der Waals surface area contributed by atoms with Crippen molar-refractivity contribution < 1.29 is 19.5 Å². The lowest BCUT2D eigenvalue weighted by Crippen LogP contribution is -2.40. The third-order valence-corrected chi connectivity index (χ3v) is 8.73. The van der Waals surface area contributed by atoms with E-state index in [1.807, 2.05) is 84.3 Å². The average molecular weight is 579 g/mol. The number of rotatable bonds is 7. The molecule has 4 heterocycles. The minimum Gasteiger partial charge on any atom is -0.481 e. The van der Waals surface area contributed by atoms with E-state index in [0.29, 0.717) is 36.9 Å². The molecule has 2 atom stereocenters. The molecule has 0 saturated carbocycles. The fourth-order valence-electron chi connectivity index (χ4n) is 5.77. The Bertz CT molecular complexity index is 1630. The fraction of sp³-hybridized carbons (Fsp3) is 0.242. The van der Waals surface area contributed by atoms with Gasteiger partial charge in [-0.25, -0.2) is 9.97 Å². The Hall–Kier alpha value is -4.63. The highest BCUT2D eigenvalue weighted by atomic mass is 32.1. The van der Waals surface area contributed by atoms with E-state index in [9.17, 15) is 19.5 Å². The van der Waals surface area contributed by atoms with Crippen LogP contribution in [0.4, 0.5) is 10.9 Å². The predicted octanol–water partition coefficient (Wildman–Crippen LogP) is 6.17. The maximum Gasteiger partial charge on any atom is 0.304 e. The van der Waals surface area contributed by atoms with Crippen molar-refractivity contribution in [2.24, 2.45) is 5.92 Å². The van der Waals surface area contributed by atoms with Gasteiger partial charge in [-0.1, -0.05) is 66.7 Å². The van der Waals surface area contributed by atoms with E-state index >= 15 is 0 Å². The van der Waals surface area contributed by atoms with Crippen molar-refractivity contribution >= 4 is 40.1 Å². The number of hydrogen-bond acceptors (Lipinski definition) is 6. The van der Waals surface area contributed by atoms with Crippen LogP contribution in [-0.2, 0) is 14.4 Å². The molecule has 2 aliphatic heterocycles. The summed E-state index contributed by atoms with van der Waals surface area (Å²) in [7, 11) is 0. The number of carbonyl (C=O) groups is 3. The van der Waals surface area contributed by atoms with Gasteiger partial charge in [0.1, 0.15) is 5.82 Å². The van der Waals surface area contributed by atoms with Crippen LogP contribution in [-0.4, -0.2) is 45.9 Å². The van der Waals surface area contributed by atoms with Gasteiger partial charge in [0.15, 0.2) is 5.13 Å². The molecular weight excluding hydrogens is 548 g/mol. The third kappa shape index (κ3) is 5.60. The number of anilines is 2. The molecule has 4 aromatic rings. The van der Waals surface area contributed by atoms with Gasteiger partial charge in [-0.3, -0.25) is 24.2 Å². The second kappa shape index (κ2) is 12.1. The summed E-state index contributed by atoms with van der Waals surface area (Å²) in [6, 6.07) is 21.4. The van der Waals surface area contributed by atoms with E-state index < -0.39 is 11.9 Å². The van der Waals surface area contributed by atoms with Gasteiger partial charge < -0.3 is 5.11 Å². The monoisotopic (exact) mass is 578 g/mol. The molecule has 1 fully saturated rings. The fourth-order valence-corrected chi connectivity index (χ4v) is 6.61. The lowest BCUT2D eigenvalue weighted by Gasteiger charge is -2.31. The first-order valence-electron chi connectivity index (χ1n) is 14.0. The summed E-state index contributed by atoms with van der Waals surface area (Å²) in [6.07, 6.45) is 7.50. The highest BCUT2D eigenvalue weighted by molar-refractivity contribution is 7.14.